The van der Waals surface area contributed by atoms with Crippen LogP contribution in [-0.4, -0.2) is 53.0 Å². The average molecular weight is 443 g/mol. The highest BCUT2D eigenvalue weighted by atomic mass is 16.4. The van der Waals surface area contributed by atoms with Gasteiger partial charge in [0, 0.05) is 0 Å². The minimum atomic E-state index is -1.14. The molecule has 31 heavy (non-hydrogen) atoms. The lowest BCUT2D eigenvalue weighted by Crippen LogP contribution is -2.60. The van der Waals surface area contributed by atoms with E-state index in [1.807, 2.05) is 27.7 Å². The monoisotopic (exact) mass is 442 g/mol. The molecule has 0 saturated heterocycles. The Morgan fingerprint density at radius 1 is 0.677 bits per heavy atom. The molecular formula is C22H42N4O5. The summed E-state index contributed by atoms with van der Waals surface area (Å²) in [4.78, 5) is 49.8. The van der Waals surface area contributed by atoms with Gasteiger partial charge < -0.3 is 26.8 Å². The predicted octanol–water partition coefficient (Wildman–Crippen LogP) is 1.26. The number of nitrogens with two attached hydrogens (primary N) is 1. The maximum atomic E-state index is 13.1. The Morgan fingerprint density at radius 2 is 1.06 bits per heavy atom. The molecule has 6 N–H and O–H groups in total. The number of aliphatic carboxylic acids is 1. The number of amides is 3. The van der Waals surface area contributed by atoms with Crippen LogP contribution in [0.3, 0.4) is 0 Å². The van der Waals surface area contributed by atoms with E-state index in [1.54, 1.807) is 27.7 Å². The Labute approximate surface area is 186 Å². The van der Waals surface area contributed by atoms with Crippen molar-refractivity contribution in [2.24, 2.45) is 29.4 Å². The van der Waals surface area contributed by atoms with Gasteiger partial charge in [-0.2, -0.15) is 0 Å². The van der Waals surface area contributed by atoms with Gasteiger partial charge in [-0.15, -0.1) is 0 Å². The van der Waals surface area contributed by atoms with Crippen LogP contribution in [0, 0.1) is 23.7 Å². The van der Waals surface area contributed by atoms with E-state index in [4.69, 9.17) is 5.73 Å². The lowest BCUT2D eigenvalue weighted by Gasteiger charge is -2.30. The largest absolute Gasteiger partial charge is 0.480 e. The molecule has 0 aromatic carbocycles. The molecule has 0 fully saturated rings. The first-order chi connectivity index (χ1) is 14.3. The van der Waals surface area contributed by atoms with Crippen molar-refractivity contribution in [1.82, 2.24) is 16.0 Å². The molecule has 0 aromatic rings. The van der Waals surface area contributed by atoms with E-state index in [9.17, 15) is 24.3 Å². The van der Waals surface area contributed by atoms with E-state index in [1.165, 1.54) is 0 Å². The molecule has 6 unspecified atom stereocenters. The van der Waals surface area contributed by atoms with Gasteiger partial charge in [0.05, 0.1) is 6.04 Å². The van der Waals surface area contributed by atoms with Crippen LogP contribution in [0.25, 0.3) is 0 Å². The Hall–Kier alpha value is -2.16. The first kappa shape index (κ1) is 28.8. The smallest absolute Gasteiger partial charge is 0.326 e. The molecule has 9 heteroatoms. The molecule has 9 nitrogen and oxygen atoms in total. The molecule has 0 saturated carbocycles. The summed E-state index contributed by atoms with van der Waals surface area (Å²) in [6, 6.07) is -3.61. The van der Waals surface area contributed by atoms with E-state index < -0.39 is 47.9 Å². The molecule has 0 rings (SSSR count). The number of hydrogen-bond acceptors (Lipinski definition) is 5. The number of hydrogen-bond donors (Lipinski definition) is 5. The van der Waals surface area contributed by atoms with Gasteiger partial charge in [-0.1, -0.05) is 68.2 Å². The van der Waals surface area contributed by atoms with Gasteiger partial charge >= 0.3 is 5.97 Å². The van der Waals surface area contributed by atoms with Crippen molar-refractivity contribution in [1.29, 1.82) is 0 Å². The van der Waals surface area contributed by atoms with Crippen LogP contribution in [0.2, 0.25) is 0 Å². The summed E-state index contributed by atoms with van der Waals surface area (Å²) in [6.45, 7) is 14.4. The molecule has 0 aliphatic carbocycles. The standard InChI is InChI=1S/C22H42N4O5/c1-9-13(7)15(23)19(27)26-18(14(8)10-2)21(29)24-16(11(3)4)20(28)25-17(12(5)6)22(30)31/h11-18H,9-10,23H2,1-8H3,(H,24,29)(H,25,28)(H,26,27)(H,30,31). The summed E-state index contributed by atoms with van der Waals surface area (Å²) in [5.41, 5.74) is 6.01. The first-order valence-electron chi connectivity index (χ1n) is 11.2. The molecule has 0 heterocycles. The van der Waals surface area contributed by atoms with Crippen LogP contribution < -0.4 is 21.7 Å². The Kier molecular flexibility index (Phi) is 12.4. The molecule has 0 spiro atoms. The Morgan fingerprint density at radius 3 is 1.45 bits per heavy atom. The maximum absolute atomic E-state index is 13.1. The highest BCUT2D eigenvalue weighted by Gasteiger charge is 2.34. The summed E-state index contributed by atoms with van der Waals surface area (Å²) >= 11 is 0. The summed E-state index contributed by atoms with van der Waals surface area (Å²) in [5, 5.41) is 17.3. The molecule has 0 bridgehead atoms. The maximum Gasteiger partial charge on any atom is 0.326 e. The topological polar surface area (TPSA) is 151 Å². The lowest BCUT2D eigenvalue weighted by molar-refractivity contribution is -0.144. The normalized spacial score (nSPS) is 17.3. The fraction of sp³-hybridized carbons (Fsp3) is 0.818. The zero-order chi connectivity index (χ0) is 24.5. The molecule has 3 amide bonds. The van der Waals surface area contributed by atoms with Gasteiger partial charge in [0.25, 0.3) is 0 Å². The van der Waals surface area contributed by atoms with E-state index in [0.717, 1.165) is 6.42 Å². The Bertz CT molecular complexity index is 623. The highest BCUT2D eigenvalue weighted by molar-refractivity contribution is 5.94. The second-order valence-electron chi connectivity index (χ2n) is 9.08. The third kappa shape index (κ3) is 8.85. The first-order valence-corrected chi connectivity index (χ1v) is 11.2. The number of carbonyl (C=O) groups excluding carboxylic acids is 3. The molecular weight excluding hydrogens is 400 g/mol. The second kappa shape index (κ2) is 13.3. The van der Waals surface area contributed by atoms with Crippen LogP contribution >= 0.6 is 0 Å². The molecule has 6 atom stereocenters. The molecule has 0 aliphatic rings. The minimum Gasteiger partial charge on any atom is -0.480 e. The van der Waals surface area contributed by atoms with Crippen molar-refractivity contribution in [2.45, 2.75) is 92.4 Å². The van der Waals surface area contributed by atoms with Crippen LogP contribution in [-0.2, 0) is 19.2 Å². The third-order valence-electron chi connectivity index (χ3n) is 5.83. The zero-order valence-corrected chi connectivity index (χ0v) is 20.2. The summed E-state index contributed by atoms with van der Waals surface area (Å²) < 4.78 is 0. The molecule has 180 valence electrons. The van der Waals surface area contributed by atoms with Crippen molar-refractivity contribution >= 4 is 23.7 Å². The van der Waals surface area contributed by atoms with E-state index >= 15 is 0 Å². The van der Waals surface area contributed by atoms with Crippen molar-refractivity contribution in [3.63, 3.8) is 0 Å². The fourth-order valence-electron chi connectivity index (χ4n) is 3.00. The van der Waals surface area contributed by atoms with Crippen molar-refractivity contribution in [2.75, 3.05) is 0 Å². The van der Waals surface area contributed by atoms with Gasteiger partial charge in [-0.05, 0) is 23.7 Å². The van der Waals surface area contributed by atoms with Crippen molar-refractivity contribution in [3.8, 4) is 0 Å². The number of rotatable bonds is 13. The number of nitrogens with one attached hydrogen (secondary N) is 3. The van der Waals surface area contributed by atoms with Gasteiger partial charge in [0.1, 0.15) is 18.1 Å². The van der Waals surface area contributed by atoms with Crippen LogP contribution in [0.4, 0.5) is 0 Å². The number of carboxylic acids is 1. The molecule has 0 radical (unpaired) electrons. The van der Waals surface area contributed by atoms with Gasteiger partial charge in [0.15, 0.2) is 0 Å². The molecule has 0 aliphatic heterocycles. The number of carbonyl (C=O) groups is 4. The summed E-state index contributed by atoms with van der Waals surface area (Å²) in [6.07, 6.45) is 1.36. The zero-order valence-electron chi connectivity index (χ0n) is 20.2. The summed E-state index contributed by atoms with van der Waals surface area (Å²) in [7, 11) is 0. The van der Waals surface area contributed by atoms with Crippen LogP contribution in [0.15, 0.2) is 0 Å². The number of carboxylic acid groups (broad SMARTS) is 1. The van der Waals surface area contributed by atoms with Crippen LogP contribution in [0.5, 0.6) is 0 Å². The van der Waals surface area contributed by atoms with E-state index in [-0.39, 0.29) is 23.7 Å². The van der Waals surface area contributed by atoms with E-state index in [2.05, 4.69) is 16.0 Å². The van der Waals surface area contributed by atoms with Crippen molar-refractivity contribution in [3.05, 3.63) is 0 Å². The Balaban J connectivity index is 5.51. The van der Waals surface area contributed by atoms with Gasteiger partial charge in [-0.25, -0.2) is 4.79 Å². The average Bonchev–Trinajstić information content (AvgIpc) is 2.70. The van der Waals surface area contributed by atoms with Gasteiger partial charge in [0.2, 0.25) is 17.7 Å². The lowest BCUT2D eigenvalue weighted by atomic mass is 9.94. The second-order valence-corrected chi connectivity index (χ2v) is 9.08. The SMILES string of the molecule is CCC(C)C(N)C(=O)NC(C(=O)NC(C(=O)NC(C(=O)O)C(C)C)C(C)C)C(C)CC. The van der Waals surface area contributed by atoms with Crippen molar-refractivity contribution < 1.29 is 24.3 Å². The minimum absolute atomic E-state index is 0.0428. The third-order valence-corrected chi connectivity index (χ3v) is 5.83. The fourth-order valence-corrected chi connectivity index (χ4v) is 3.00. The summed E-state index contributed by atoms with van der Waals surface area (Å²) in [5.74, 6) is -3.46. The molecule has 0 aromatic heterocycles. The van der Waals surface area contributed by atoms with Gasteiger partial charge in [-0.3, -0.25) is 14.4 Å². The quantitative estimate of drug-likeness (QED) is 0.290. The van der Waals surface area contributed by atoms with Crippen LogP contribution in [0.1, 0.15) is 68.2 Å². The highest BCUT2D eigenvalue weighted by Crippen LogP contribution is 2.13. The predicted molar refractivity (Wildman–Crippen MR) is 120 cm³/mol. The van der Waals surface area contributed by atoms with E-state index in [0.29, 0.717) is 6.42 Å².